The van der Waals surface area contributed by atoms with Gasteiger partial charge in [0.25, 0.3) is 0 Å². The molecule has 2 heterocycles. The first-order valence-electron chi connectivity index (χ1n) is 5.58. The van der Waals surface area contributed by atoms with E-state index in [0.717, 1.165) is 24.6 Å². The molecular weight excluding hydrogens is 192 g/mol. The molecule has 1 aliphatic heterocycles. The van der Waals surface area contributed by atoms with Gasteiger partial charge in [0.15, 0.2) is 5.89 Å². The first-order valence-corrected chi connectivity index (χ1v) is 5.58. The molecule has 1 aromatic heterocycles. The normalized spacial score (nSPS) is 23.2. The topological polar surface area (TPSA) is 58.3 Å². The molecule has 0 saturated carbocycles. The van der Waals surface area contributed by atoms with Crippen molar-refractivity contribution in [3.63, 3.8) is 0 Å². The number of oxazole rings is 1. The Labute approximate surface area is 89.7 Å². The molecule has 84 valence electrons. The lowest BCUT2D eigenvalue weighted by Gasteiger charge is -2.05. The zero-order valence-corrected chi connectivity index (χ0v) is 9.07. The summed E-state index contributed by atoms with van der Waals surface area (Å²) in [7, 11) is 0. The molecule has 1 fully saturated rings. The minimum absolute atomic E-state index is 0.0686. The van der Waals surface area contributed by atoms with Crippen molar-refractivity contribution in [3.8, 4) is 0 Å². The lowest BCUT2D eigenvalue weighted by molar-refractivity contribution is 0.271. The Morgan fingerprint density at radius 3 is 3.27 bits per heavy atom. The average molecular weight is 210 g/mol. The first kappa shape index (κ1) is 10.6. The van der Waals surface area contributed by atoms with E-state index in [2.05, 4.69) is 10.3 Å². The van der Waals surface area contributed by atoms with Gasteiger partial charge in [-0.15, -0.1) is 0 Å². The van der Waals surface area contributed by atoms with Crippen LogP contribution in [0.2, 0.25) is 0 Å². The summed E-state index contributed by atoms with van der Waals surface area (Å²) in [6.45, 7) is 3.16. The third-order valence-electron chi connectivity index (χ3n) is 2.93. The summed E-state index contributed by atoms with van der Waals surface area (Å²) in [4.78, 5) is 4.38. The van der Waals surface area contributed by atoms with Crippen molar-refractivity contribution in [1.82, 2.24) is 10.3 Å². The average Bonchev–Trinajstić information content (AvgIpc) is 2.88. The zero-order valence-electron chi connectivity index (χ0n) is 9.07. The van der Waals surface area contributed by atoms with E-state index in [4.69, 9.17) is 9.52 Å². The van der Waals surface area contributed by atoms with Crippen LogP contribution in [0.4, 0.5) is 0 Å². The summed E-state index contributed by atoms with van der Waals surface area (Å²) in [5.41, 5.74) is 0.852. The van der Waals surface area contributed by atoms with E-state index in [1.165, 1.54) is 12.8 Å². The van der Waals surface area contributed by atoms with Crippen molar-refractivity contribution in [2.24, 2.45) is 0 Å². The number of aromatic nitrogens is 1. The Morgan fingerprint density at radius 2 is 2.60 bits per heavy atom. The predicted molar refractivity (Wildman–Crippen MR) is 56.7 cm³/mol. The van der Waals surface area contributed by atoms with Gasteiger partial charge in [-0.2, -0.15) is 0 Å². The molecule has 2 unspecified atom stereocenters. The molecule has 1 aliphatic rings. The molecule has 2 rings (SSSR count). The van der Waals surface area contributed by atoms with E-state index < -0.39 is 0 Å². The van der Waals surface area contributed by atoms with E-state index in [-0.39, 0.29) is 12.5 Å². The molecule has 4 heteroatoms. The number of hydrogen-bond donors (Lipinski definition) is 2. The summed E-state index contributed by atoms with van der Waals surface area (Å²) >= 11 is 0. The van der Waals surface area contributed by atoms with Gasteiger partial charge in [0.1, 0.15) is 6.26 Å². The van der Waals surface area contributed by atoms with Crippen LogP contribution in [0.3, 0.4) is 0 Å². The third-order valence-corrected chi connectivity index (χ3v) is 2.93. The highest BCUT2D eigenvalue weighted by Gasteiger charge is 2.18. The molecule has 1 aromatic rings. The minimum Gasteiger partial charge on any atom is -0.449 e. The molecule has 0 radical (unpaired) electrons. The van der Waals surface area contributed by atoms with Gasteiger partial charge in [0, 0.05) is 18.4 Å². The number of hydrogen-bond acceptors (Lipinski definition) is 4. The van der Waals surface area contributed by atoms with Crippen LogP contribution in [-0.2, 0) is 6.42 Å². The summed E-state index contributed by atoms with van der Waals surface area (Å²) in [5.74, 6) is 0.851. The molecule has 0 aliphatic carbocycles. The Kier molecular flexibility index (Phi) is 3.38. The maximum absolute atomic E-state index is 8.99. The third kappa shape index (κ3) is 2.58. The van der Waals surface area contributed by atoms with Crippen LogP contribution in [0.25, 0.3) is 0 Å². The fourth-order valence-electron chi connectivity index (χ4n) is 1.88. The SMILES string of the molecule is CC(CO)c1coc(CC2CCCN2)n1. The summed E-state index contributed by atoms with van der Waals surface area (Å²) in [5, 5.41) is 12.4. The van der Waals surface area contributed by atoms with E-state index in [9.17, 15) is 0 Å². The number of rotatable bonds is 4. The second kappa shape index (κ2) is 4.77. The smallest absolute Gasteiger partial charge is 0.195 e. The van der Waals surface area contributed by atoms with E-state index in [1.807, 2.05) is 6.92 Å². The molecule has 4 nitrogen and oxygen atoms in total. The zero-order chi connectivity index (χ0) is 10.7. The molecular formula is C11H18N2O2. The minimum atomic E-state index is 0.0686. The maximum atomic E-state index is 8.99. The van der Waals surface area contributed by atoms with Crippen LogP contribution in [0.1, 0.15) is 37.3 Å². The summed E-state index contributed by atoms with van der Waals surface area (Å²) in [6.07, 6.45) is 4.96. The van der Waals surface area contributed by atoms with E-state index in [0.29, 0.717) is 6.04 Å². The molecule has 0 bridgehead atoms. The van der Waals surface area contributed by atoms with Gasteiger partial charge in [-0.3, -0.25) is 0 Å². The van der Waals surface area contributed by atoms with Gasteiger partial charge in [-0.1, -0.05) is 6.92 Å². The van der Waals surface area contributed by atoms with Crippen LogP contribution >= 0.6 is 0 Å². The largest absolute Gasteiger partial charge is 0.449 e. The predicted octanol–water partition coefficient (Wildman–Crippen LogP) is 1.06. The van der Waals surface area contributed by atoms with Crippen molar-refractivity contribution < 1.29 is 9.52 Å². The highest BCUT2D eigenvalue weighted by Crippen LogP contribution is 2.16. The second-order valence-corrected chi connectivity index (χ2v) is 4.25. The van der Waals surface area contributed by atoms with Gasteiger partial charge in [-0.25, -0.2) is 4.98 Å². The van der Waals surface area contributed by atoms with Gasteiger partial charge >= 0.3 is 0 Å². The van der Waals surface area contributed by atoms with Crippen LogP contribution < -0.4 is 5.32 Å². The van der Waals surface area contributed by atoms with Crippen molar-refractivity contribution in [2.45, 2.75) is 38.1 Å². The molecule has 2 N–H and O–H groups in total. The van der Waals surface area contributed by atoms with Crippen LogP contribution in [0, 0.1) is 0 Å². The highest BCUT2D eigenvalue weighted by atomic mass is 16.3. The van der Waals surface area contributed by atoms with E-state index in [1.54, 1.807) is 6.26 Å². The number of aliphatic hydroxyl groups excluding tert-OH is 1. The molecule has 15 heavy (non-hydrogen) atoms. The van der Waals surface area contributed by atoms with Gasteiger partial charge in [0.05, 0.1) is 12.3 Å². The molecule has 0 amide bonds. The lowest BCUT2D eigenvalue weighted by Crippen LogP contribution is -2.23. The van der Waals surface area contributed by atoms with Gasteiger partial charge in [-0.05, 0) is 19.4 Å². The number of nitrogens with one attached hydrogen (secondary N) is 1. The molecule has 2 atom stereocenters. The fourth-order valence-corrected chi connectivity index (χ4v) is 1.88. The summed E-state index contributed by atoms with van der Waals surface area (Å²) in [6, 6.07) is 0.515. The van der Waals surface area contributed by atoms with Crippen LogP contribution in [0.15, 0.2) is 10.7 Å². The lowest BCUT2D eigenvalue weighted by atomic mass is 10.1. The Bertz CT molecular complexity index is 305. The maximum Gasteiger partial charge on any atom is 0.195 e. The summed E-state index contributed by atoms with van der Waals surface area (Å²) < 4.78 is 5.39. The Morgan fingerprint density at radius 1 is 1.73 bits per heavy atom. The van der Waals surface area contributed by atoms with Crippen LogP contribution in [0.5, 0.6) is 0 Å². The van der Waals surface area contributed by atoms with Crippen LogP contribution in [-0.4, -0.2) is 29.3 Å². The molecule has 0 spiro atoms. The molecule has 0 aromatic carbocycles. The van der Waals surface area contributed by atoms with Gasteiger partial charge in [0.2, 0.25) is 0 Å². The number of nitrogens with zero attached hydrogens (tertiary/aromatic N) is 1. The van der Waals surface area contributed by atoms with Gasteiger partial charge < -0.3 is 14.8 Å². The standard InChI is InChI=1S/C11H18N2O2/c1-8(6-14)10-7-15-11(13-10)5-9-3-2-4-12-9/h7-9,12,14H,2-6H2,1H3. The first-order chi connectivity index (χ1) is 7.29. The Hall–Kier alpha value is -0.870. The van der Waals surface area contributed by atoms with E-state index >= 15 is 0 Å². The molecule has 1 saturated heterocycles. The highest BCUT2D eigenvalue weighted by molar-refractivity contribution is 5.04. The van der Waals surface area contributed by atoms with Crippen molar-refractivity contribution >= 4 is 0 Å². The van der Waals surface area contributed by atoms with Crippen molar-refractivity contribution in [2.75, 3.05) is 13.2 Å². The Balaban J connectivity index is 1.94. The number of aliphatic hydroxyl groups is 1. The monoisotopic (exact) mass is 210 g/mol. The van der Waals surface area contributed by atoms with Crippen molar-refractivity contribution in [3.05, 3.63) is 17.8 Å². The van der Waals surface area contributed by atoms with Crippen molar-refractivity contribution in [1.29, 1.82) is 0 Å². The second-order valence-electron chi connectivity index (χ2n) is 4.25. The quantitative estimate of drug-likeness (QED) is 0.780. The fraction of sp³-hybridized carbons (Fsp3) is 0.727.